The molecule has 0 fully saturated rings. The normalized spacial score (nSPS) is 10.6. The molecule has 1 aromatic rings. The molecule has 0 aromatic carbocycles. The lowest BCUT2D eigenvalue weighted by Crippen LogP contribution is -2.13. The predicted octanol–water partition coefficient (Wildman–Crippen LogP) is 2.26. The van der Waals surface area contributed by atoms with Crippen molar-refractivity contribution < 1.29 is 0 Å². The number of anilines is 1. The number of imidazole rings is 1. The van der Waals surface area contributed by atoms with Gasteiger partial charge in [-0.3, -0.25) is 0 Å². The van der Waals surface area contributed by atoms with Gasteiger partial charge < -0.3 is 10.3 Å². The summed E-state index contributed by atoms with van der Waals surface area (Å²) >= 11 is 0. The molecule has 1 heterocycles. The Balaban J connectivity index is 2.25. The van der Waals surface area contributed by atoms with E-state index in [0.29, 0.717) is 0 Å². The second-order valence-corrected chi connectivity index (χ2v) is 3.00. The van der Waals surface area contributed by atoms with E-state index in [0.717, 1.165) is 18.4 Å². The van der Waals surface area contributed by atoms with Crippen LogP contribution in [0.5, 0.6) is 0 Å². The van der Waals surface area contributed by atoms with Crippen molar-refractivity contribution >= 4 is 5.95 Å². The summed E-state index contributed by atoms with van der Waals surface area (Å²) in [6, 6.07) is 0. The molecule has 2 N–H and O–H groups in total. The maximum atomic E-state index is 4.09. The van der Waals surface area contributed by atoms with Crippen molar-refractivity contribution in [2.75, 3.05) is 11.9 Å². The van der Waals surface area contributed by atoms with Crippen molar-refractivity contribution in [3.63, 3.8) is 0 Å². The topological polar surface area (TPSA) is 40.7 Å². The highest BCUT2D eigenvalue weighted by atomic mass is 15.1. The van der Waals surface area contributed by atoms with Crippen LogP contribution in [0, 0.1) is 5.92 Å². The monoisotopic (exact) mass is 167 g/mol. The first kappa shape index (κ1) is 9.10. The minimum absolute atomic E-state index is 0.759. The first-order chi connectivity index (χ1) is 5.86. The van der Waals surface area contributed by atoms with Gasteiger partial charge in [-0.25, -0.2) is 4.98 Å². The molecule has 0 aliphatic rings. The molecular weight excluding hydrogens is 150 g/mol. The molecule has 0 aliphatic carbocycles. The Labute approximate surface area is 73.6 Å². The van der Waals surface area contributed by atoms with Gasteiger partial charge in [0.05, 0.1) is 0 Å². The van der Waals surface area contributed by atoms with E-state index < -0.39 is 0 Å². The maximum absolute atomic E-state index is 4.09. The van der Waals surface area contributed by atoms with E-state index in [4.69, 9.17) is 0 Å². The van der Waals surface area contributed by atoms with Crippen molar-refractivity contribution in [1.82, 2.24) is 9.97 Å². The van der Waals surface area contributed by atoms with E-state index in [9.17, 15) is 0 Å². The van der Waals surface area contributed by atoms with Gasteiger partial charge in [0, 0.05) is 18.9 Å². The van der Waals surface area contributed by atoms with Gasteiger partial charge in [0.15, 0.2) is 5.95 Å². The number of aromatic amines is 1. The van der Waals surface area contributed by atoms with Gasteiger partial charge in [0.1, 0.15) is 0 Å². The Kier molecular flexibility index (Phi) is 3.64. The van der Waals surface area contributed by atoms with Gasteiger partial charge in [-0.15, -0.1) is 0 Å². The summed E-state index contributed by atoms with van der Waals surface area (Å²) in [6.45, 7) is 5.45. The fourth-order valence-corrected chi connectivity index (χ4v) is 1.18. The summed E-state index contributed by atoms with van der Waals surface area (Å²) in [5.74, 6) is 1.64. The Bertz CT molecular complexity index is 190. The molecule has 0 saturated heterocycles. The number of nitrogens with zero attached hydrogens (tertiary/aromatic N) is 1. The highest BCUT2D eigenvalue weighted by Gasteiger charge is 2.02. The first-order valence-electron chi connectivity index (χ1n) is 4.60. The van der Waals surface area contributed by atoms with Gasteiger partial charge in [-0.2, -0.15) is 0 Å². The minimum Gasteiger partial charge on any atom is -0.356 e. The second-order valence-electron chi connectivity index (χ2n) is 3.00. The molecule has 1 aromatic heterocycles. The van der Waals surface area contributed by atoms with Crippen molar-refractivity contribution in [1.29, 1.82) is 0 Å². The fraction of sp³-hybridized carbons (Fsp3) is 0.667. The fourth-order valence-electron chi connectivity index (χ4n) is 1.18. The molecule has 3 nitrogen and oxygen atoms in total. The molecule has 0 bridgehead atoms. The van der Waals surface area contributed by atoms with Gasteiger partial charge in [0.2, 0.25) is 0 Å². The van der Waals surface area contributed by atoms with Gasteiger partial charge in [-0.1, -0.05) is 26.7 Å². The molecule has 3 heteroatoms. The van der Waals surface area contributed by atoms with Crippen molar-refractivity contribution in [2.24, 2.45) is 5.92 Å². The van der Waals surface area contributed by atoms with Crippen LogP contribution in [0.4, 0.5) is 5.95 Å². The molecule has 0 saturated carbocycles. The Morgan fingerprint density at radius 2 is 2.25 bits per heavy atom. The average Bonchev–Trinajstić information content (AvgIpc) is 2.59. The molecule has 0 spiro atoms. The zero-order valence-corrected chi connectivity index (χ0v) is 7.80. The van der Waals surface area contributed by atoms with Crippen LogP contribution < -0.4 is 5.32 Å². The molecule has 0 radical (unpaired) electrons. The second kappa shape index (κ2) is 4.80. The van der Waals surface area contributed by atoms with Crippen LogP contribution in [0.25, 0.3) is 0 Å². The summed E-state index contributed by atoms with van der Waals surface area (Å²) in [6.07, 6.45) is 6.04. The number of aromatic nitrogens is 2. The van der Waals surface area contributed by atoms with E-state index >= 15 is 0 Å². The van der Waals surface area contributed by atoms with Gasteiger partial charge in [0.25, 0.3) is 0 Å². The molecule has 1 rings (SSSR count). The van der Waals surface area contributed by atoms with Crippen LogP contribution >= 0.6 is 0 Å². The van der Waals surface area contributed by atoms with Crippen LogP contribution in [-0.4, -0.2) is 16.5 Å². The highest BCUT2D eigenvalue weighted by molar-refractivity contribution is 5.22. The van der Waals surface area contributed by atoms with E-state index in [1.165, 1.54) is 12.8 Å². The third-order valence-electron chi connectivity index (χ3n) is 2.21. The lowest BCUT2D eigenvalue weighted by Gasteiger charge is -2.11. The third-order valence-corrected chi connectivity index (χ3v) is 2.21. The molecule has 0 amide bonds. The lowest BCUT2D eigenvalue weighted by molar-refractivity contribution is 0.518. The van der Waals surface area contributed by atoms with Crippen molar-refractivity contribution in [3.05, 3.63) is 12.4 Å². The zero-order valence-electron chi connectivity index (χ0n) is 7.80. The van der Waals surface area contributed by atoms with E-state index in [1.54, 1.807) is 6.20 Å². The summed E-state index contributed by atoms with van der Waals surface area (Å²) in [5.41, 5.74) is 0. The van der Waals surface area contributed by atoms with Gasteiger partial charge >= 0.3 is 0 Å². The minimum atomic E-state index is 0.759. The molecule has 0 unspecified atom stereocenters. The number of hydrogen-bond donors (Lipinski definition) is 2. The highest BCUT2D eigenvalue weighted by Crippen LogP contribution is 2.07. The Hall–Kier alpha value is -0.990. The third kappa shape index (κ3) is 2.57. The van der Waals surface area contributed by atoms with E-state index in [1.807, 2.05) is 6.20 Å². The number of nitrogens with one attached hydrogen (secondary N) is 2. The average molecular weight is 167 g/mol. The summed E-state index contributed by atoms with van der Waals surface area (Å²) in [4.78, 5) is 7.11. The predicted molar refractivity (Wildman–Crippen MR) is 51.1 cm³/mol. The van der Waals surface area contributed by atoms with Crippen LogP contribution in [0.3, 0.4) is 0 Å². The van der Waals surface area contributed by atoms with Crippen LogP contribution in [0.2, 0.25) is 0 Å². The SMILES string of the molecule is CCC(CC)CNc1ncc[nH]1. The molecule has 0 aliphatic heterocycles. The molecule has 68 valence electrons. The quantitative estimate of drug-likeness (QED) is 0.706. The summed E-state index contributed by atoms with van der Waals surface area (Å²) in [7, 11) is 0. The summed E-state index contributed by atoms with van der Waals surface area (Å²) in [5, 5.41) is 3.26. The Morgan fingerprint density at radius 3 is 2.75 bits per heavy atom. The largest absolute Gasteiger partial charge is 0.356 e. The van der Waals surface area contributed by atoms with Gasteiger partial charge in [-0.05, 0) is 5.92 Å². The van der Waals surface area contributed by atoms with Crippen LogP contribution in [-0.2, 0) is 0 Å². The first-order valence-corrected chi connectivity index (χ1v) is 4.60. The standard InChI is InChI=1S/C9H17N3/c1-3-8(4-2)7-12-9-10-5-6-11-9/h5-6,8H,3-4,7H2,1-2H3,(H2,10,11,12). The van der Waals surface area contributed by atoms with Crippen LogP contribution in [0.15, 0.2) is 12.4 Å². The number of rotatable bonds is 5. The molecule has 0 atom stereocenters. The van der Waals surface area contributed by atoms with E-state index in [-0.39, 0.29) is 0 Å². The zero-order chi connectivity index (χ0) is 8.81. The summed E-state index contributed by atoms with van der Waals surface area (Å²) < 4.78 is 0. The number of hydrogen-bond acceptors (Lipinski definition) is 2. The van der Waals surface area contributed by atoms with E-state index in [2.05, 4.69) is 29.1 Å². The number of H-pyrrole nitrogens is 1. The molecule has 12 heavy (non-hydrogen) atoms. The maximum Gasteiger partial charge on any atom is 0.200 e. The van der Waals surface area contributed by atoms with Crippen LogP contribution in [0.1, 0.15) is 26.7 Å². The van der Waals surface area contributed by atoms with Crippen molar-refractivity contribution in [2.45, 2.75) is 26.7 Å². The molecular formula is C9H17N3. The lowest BCUT2D eigenvalue weighted by atomic mass is 10.0. The van der Waals surface area contributed by atoms with Crippen molar-refractivity contribution in [3.8, 4) is 0 Å². The Morgan fingerprint density at radius 1 is 1.50 bits per heavy atom. The smallest absolute Gasteiger partial charge is 0.200 e.